The summed E-state index contributed by atoms with van der Waals surface area (Å²) >= 11 is 2.13. The van der Waals surface area contributed by atoms with Crippen LogP contribution >= 0.6 is 23.1 Å². The fourth-order valence-electron chi connectivity index (χ4n) is 3.82. The summed E-state index contributed by atoms with van der Waals surface area (Å²) in [7, 11) is 0. The number of amides is 2. The number of fused-ring (bicyclic) bond motifs is 1. The molecule has 0 radical (unpaired) electrons. The number of carboxylic acids is 2. The molecule has 40 heavy (non-hydrogen) atoms. The molecule has 2 aliphatic heterocycles. The van der Waals surface area contributed by atoms with E-state index in [2.05, 4.69) is 15.5 Å². The molecule has 7 N–H and O–H groups in total. The number of thiazole rings is 1. The normalized spacial score (nSPS) is 19.1. The number of aromatic hydroxyl groups is 2. The topological polar surface area (TPSA) is 225 Å². The molecule has 3 heterocycles. The number of carboxylic acid groups (broad SMARTS) is 2. The Morgan fingerprint density at radius 2 is 2.00 bits per heavy atom. The van der Waals surface area contributed by atoms with Crippen molar-refractivity contribution in [2.45, 2.75) is 37.3 Å². The van der Waals surface area contributed by atoms with Gasteiger partial charge < -0.3 is 36.3 Å². The minimum atomic E-state index is -1.80. The average molecular weight is 596 g/mol. The lowest BCUT2D eigenvalue weighted by atomic mass is 9.98. The number of aliphatic carboxylic acids is 2. The molecule has 4 rings (SSSR count). The second kappa shape index (κ2) is 10.6. The quantitative estimate of drug-likeness (QED) is 0.103. The molecule has 2 aliphatic rings. The van der Waals surface area contributed by atoms with Gasteiger partial charge in [-0.25, -0.2) is 19.0 Å². The number of hydrogen-bond acceptors (Lipinski definition) is 12. The van der Waals surface area contributed by atoms with Gasteiger partial charge in [-0.3, -0.25) is 14.5 Å². The smallest absolute Gasteiger partial charge is 0.352 e. The molecule has 1 aromatic carbocycles. The van der Waals surface area contributed by atoms with Crippen LogP contribution in [0.5, 0.6) is 11.5 Å². The number of oxime groups is 1. The number of nitrogen functional groups attached to an aromatic ring is 1. The van der Waals surface area contributed by atoms with E-state index in [-0.39, 0.29) is 39.8 Å². The molecule has 1 unspecified atom stereocenters. The van der Waals surface area contributed by atoms with Gasteiger partial charge in [0.25, 0.3) is 11.8 Å². The van der Waals surface area contributed by atoms with Gasteiger partial charge >= 0.3 is 11.9 Å². The van der Waals surface area contributed by atoms with E-state index in [1.165, 1.54) is 19.2 Å². The van der Waals surface area contributed by atoms with E-state index in [0.29, 0.717) is 0 Å². The Balaban J connectivity index is 1.57. The molecule has 1 aromatic heterocycles. The van der Waals surface area contributed by atoms with Gasteiger partial charge in [0, 0.05) is 11.1 Å². The number of nitrogens with zero attached hydrogens (tertiary/aromatic N) is 3. The maximum atomic E-state index is 13.9. The lowest BCUT2D eigenvalue weighted by Gasteiger charge is -2.49. The summed E-state index contributed by atoms with van der Waals surface area (Å²) in [5.74, 6) is -7.12. The Bertz CT molecular complexity index is 1470. The Morgan fingerprint density at radius 3 is 2.58 bits per heavy atom. The number of β-lactam (4-membered cyclic amide) rings is 1. The molecule has 2 aromatic rings. The van der Waals surface area contributed by atoms with Gasteiger partial charge in [0.2, 0.25) is 5.60 Å². The fraction of sp³-hybridized carbons (Fsp3) is 0.304. The van der Waals surface area contributed by atoms with Gasteiger partial charge in [-0.15, -0.1) is 23.1 Å². The number of anilines is 1. The molecule has 1 fully saturated rings. The van der Waals surface area contributed by atoms with Crippen molar-refractivity contribution in [3.05, 3.63) is 45.9 Å². The summed E-state index contributed by atoms with van der Waals surface area (Å²) in [5, 5.41) is 45.1. The van der Waals surface area contributed by atoms with Gasteiger partial charge in [-0.1, -0.05) is 5.16 Å². The van der Waals surface area contributed by atoms with E-state index in [4.69, 9.17) is 10.6 Å². The first kappa shape index (κ1) is 28.6. The molecule has 0 bridgehead atoms. The van der Waals surface area contributed by atoms with Crippen LogP contribution in [0.4, 0.5) is 9.52 Å². The van der Waals surface area contributed by atoms with Crippen LogP contribution in [0, 0.1) is 5.82 Å². The number of aromatic nitrogens is 1. The number of carbonyl (C=O) groups is 4. The van der Waals surface area contributed by atoms with Crippen molar-refractivity contribution in [2.24, 2.45) is 5.16 Å². The highest BCUT2D eigenvalue weighted by Gasteiger charge is 2.54. The number of thioether (sulfide) groups is 1. The Kier molecular flexibility index (Phi) is 7.62. The zero-order valence-corrected chi connectivity index (χ0v) is 22.4. The number of nitrogens with two attached hydrogens (primary N) is 1. The fourth-order valence-corrected chi connectivity index (χ4v) is 5.71. The van der Waals surface area contributed by atoms with E-state index in [0.717, 1.165) is 40.1 Å². The molecule has 212 valence electrons. The van der Waals surface area contributed by atoms with Crippen LogP contribution in [-0.4, -0.2) is 82.5 Å². The largest absolute Gasteiger partial charge is 0.504 e. The molecule has 0 spiro atoms. The molecular formula is C23H22FN5O9S2. The highest BCUT2D eigenvalue weighted by atomic mass is 32.2. The number of phenolic OH excluding ortho intramolecular Hbond substituents is 2. The van der Waals surface area contributed by atoms with Crippen molar-refractivity contribution in [1.82, 2.24) is 15.2 Å². The van der Waals surface area contributed by atoms with E-state index in [1.54, 1.807) is 0 Å². The number of phenols is 2. The predicted octanol–water partition coefficient (Wildman–Crippen LogP) is 0.841. The number of rotatable bonds is 9. The minimum absolute atomic E-state index is 0.0288. The van der Waals surface area contributed by atoms with Crippen LogP contribution < -0.4 is 11.1 Å². The van der Waals surface area contributed by atoms with Crippen molar-refractivity contribution in [1.29, 1.82) is 0 Å². The molecule has 2 atom stereocenters. The molecular weight excluding hydrogens is 573 g/mol. The van der Waals surface area contributed by atoms with Crippen LogP contribution in [0.3, 0.4) is 0 Å². The molecule has 1 saturated heterocycles. The van der Waals surface area contributed by atoms with Crippen molar-refractivity contribution in [2.75, 3.05) is 11.5 Å². The zero-order chi connectivity index (χ0) is 29.5. The van der Waals surface area contributed by atoms with Crippen molar-refractivity contribution in [3.8, 4) is 11.5 Å². The maximum Gasteiger partial charge on any atom is 0.352 e. The minimum Gasteiger partial charge on any atom is -0.504 e. The second-order valence-electron chi connectivity index (χ2n) is 9.16. The van der Waals surface area contributed by atoms with E-state index in [1.807, 2.05) is 0 Å². The van der Waals surface area contributed by atoms with Gasteiger partial charge in [0.15, 0.2) is 28.2 Å². The monoisotopic (exact) mass is 595 g/mol. The summed E-state index contributed by atoms with van der Waals surface area (Å²) in [6, 6.07) is 0.860. The van der Waals surface area contributed by atoms with E-state index in [9.17, 15) is 44.0 Å². The van der Waals surface area contributed by atoms with Crippen molar-refractivity contribution in [3.63, 3.8) is 0 Å². The van der Waals surface area contributed by atoms with Crippen LogP contribution in [0.2, 0.25) is 0 Å². The highest BCUT2D eigenvalue weighted by Crippen LogP contribution is 2.41. The number of carbonyl (C=O) groups excluding carboxylic acids is 2. The first-order chi connectivity index (χ1) is 18.7. The van der Waals surface area contributed by atoms with Crippen LogP contribution in [0.25, 0.3) is 0 Å². The Labute approximate surface area is 232 Å². The third-order valence-electron chi connectivity index (χ3n) is 5.92. The number of benzene rings is 1. The number of halogens is 1. The summed E-state index contributed by atoms with van der Waals surface area (Å²) in [6.45, 7) is 2.42. The Hall–Kier alpha value is -4.38. The highest BCUT2D eigenvalue weighted by molar-refractivity contribution is 8.00. The van der Waals surface area contributed by atoms with Crippen LogP contribution in [0.15, 0.2) is 33.9 Å². The summed E-state index contributed by atoms with van der Waals surface area (Å²) in [5.41, 5.74) is 3.44. The van der Waals surface area contributed by atoms with Crippen LogP contribution in [0.1, 0.15) is 25.1 Å². The first-order valence-corrected chi connectivity index (χ1v) is 13.3. The van der Waals surface area contributed by atoms with E-state index >= 15 is 0 Å². The summed E-state index contributed by atoms with van der Waals surface area (Å²) in [6.07, 6.45) is -0.133. The molecule has 2 amide bonds. The maximum absolute atomic E-state index is 13.9. The van der Waals surface area contributed by atoms with Gasteiger partial charge in [-0.05, 0) is 43.5 Å². The average Bonchev–Trinajstić information content (AvgIpc) is 3.30. The zero-order valence-electron chi connectivity index (χ0n) is 20.7. The standard InChI is InChI=1S/C23H22FN5O9S2/c1-23(2,21(36)37)38-28-13(11-7-40-22(25)26-11)17(32)27-14-18(33)29-15(20(34)35)9(6-39-19(14)29)3-8-4-10(24)16(31)12(30)5-8/h4-5,7,14,19,30-31H,3,6H2,1-2H3,(H2,25,26)(H,27,32)(H,34,35)(H,36,37)/t14?,19-/m0/s1. The second-order valence-corrected chi connectivity index (χ2v) is 11.2. The first-order valence-electron chi connectivity index (χ1n) is 11.3. The predicted molar refractivity (Wildman–Crippen MR) is 139 cm³/mol. The summed E-state index contributed by atoms with van der Waals surface area (Å²) in [4.78, 5) is 59.7. The van der Waals surface area contributed by atoms with Gasteiger partial charge in [0.1, 0.15) is 22.8 Å². The lowest BCUT2D eigenvalue weighted by molar-refractivity contribution is -0.161. The third-order valence-corrected chi connectivity index (χ3v) is 7.93. The Morgan fingerprint density at radius 1 is 1.30 bits per heavy atom. The van der Waals surface area contributed by atoms with E-state index < -0.39 is 63.8 Å². The molecule has 0 saturated carbocycles. The lowest BCUT2D eigenvalue weighted by Crippen LogP contribution is -2.71. The van der Waals surface area contributed by atoms with Gasteiger partial charge in [0.05, 0.1) is 0 Å². The van der Waals surface area contributed by atoms with Gasteiger partial charge in [-0.2, -0.15) is 0 Å². The molecule has 17 heteroatoms. The SMILES string of the molecule is CC(C)(ON=C(C(=O)NC1C(=O)N2C(C(=O)O)=C(Cc3cc(O)c(O)c(F)c3)CS[C@@H]12)c1csc(N)n1)C(=O)O. The molecule has 0 aliphatic carbocycles. The molecule has 14 nitrogen and oxygen atoms in total. The summed E-state index contributed by atoms with van der Waals surface area (Å²) < 4.78 is 13.9. The number of nitrogens with one attached hydrogen (secondary N) is 1. The third kappa shape index (κ3) is 5.37. The number of hydrogen-bond donors (Lipinski definition) is 6. The van der Waals surface area contributed by atoms with Crippen molar-refractivity contribution < 1.29 is 48.8 Å². The van der Waals surface area contributed by atoms with Crippen LogP contribution in [-0.2, 0) is 30.4 Å². The van der Waals surface area contributed by atoms with Crippen molar-refractivity contribution >= 4 is 57.7 Å².